The molecule has 0 unspecified atom stereocenters. The summed E-state index contributed by atoms with van der Waals surface area (Å²) in [6.07, 6.45) is 0. The van der Waals surface area contributed by atoms with Crippen LogP contribution in [0.2, 0.25) is 0 Å². The number of hydrogen-bond donors (Lipinski definition) is 0. The van der Waals surface area contributed by atoms with Crippen molar-refractivity contribution >= 4 is 121 Å². The third-order valence-electron chi connectivity index (χ3n) is 14.0. The van der Waals surface area contributed by atoms with Gasteiger partial charge in [0.25, 0.3) is 6.71 Å². The molecule has 12 rings (SSSR count). The van der Waals surface area contributed by atoms with E-state index in [0.717, 1.165) is 0 Å². The molecule has 0 spiro atoms. The molecule has 318 valence electrons. The molecule has 2 aliphatic heterocycles. The molecule has 65 heavy (non-hydrogen) atoms. The van der Waals surface area contributed by atoms with Crippen LogP contribution in [0.1, 0.15) is 69.4 Å². The van der Waals surface area contributed by atoms with E-state index in [2.05, 4.69) is 216 Å². The van der Waals surface area contributed by atoms with Gasteiger partial charge in [0.05, 0.1) is 10.7 Å². The van der Waals surface area contributed by atoms with Crippen LogP contribution in [-0.2, 0) is 10.8 Å². The van der Waals surface area contributed by atoms with E-state index in [4.69, 9.17) is 0 Å². The lowest BCUT2D eigenvalue weighted by Gasteiger charge is -2.44. The molecule has 2 nitrogen and oxygen atoms in total. The van der Waals surface area contributed by atoms with Crippen molar-refractivity contribution in [2.75, 3.05) is 9.80 Å². The predicted molar refractivity (Wildman–Crippen MR) is 289 cm³/mol. The fourth-order valence-corrected chi connectivity index (χ4v) is 13.9. The Kier molecular flexibility index (Phi) is 9.08. The van der Waals surface area contributed by atoms with Gasteiger partial charge in [-0.3, -0.25) is 0 Å². The molecule has 0 saturated carbocycles. The first-order valence-electron chi connectivity index (χ1n) is 22.8. The summed E-state index contributed by atoms with van der Waals surface area (Å²) < 4.78 is 3.96. The monoisotopic (exact) mass is 894 g/mol. The average molecular weight is 895 g/mol. The quantitative estimate of drug-likeness (QED) is 0.162. The third kappa shape index (κ3) is 6.32. The molecule has 0 saturated heterocycles. The number of hydrogen-bond acceptors (Lipinski definition) is 5. The van der Waals surface area contributed by atoms with Crippen molar-refractivity contribution < 1.29 is 0 Å². The van der Waals surface area contributed by atoms with Gasteiger partial charge in [-0.15, -0.1) is 34.0 Å². The minimum Gasteiger partial charge on any atom is -0.311 e. The molecule has 0 amide bonds. The second kappa shape index (κ2) is 14.5. The molecule has 6 heteroatoms. The molecule has 0 atom stereocenters. The van der Waals surface area contributed by atoms with E-state index in [-0.39, 0.29) is 17.5 Å². The maximum absolute atomic E-state index is 2.67. The highest BCUT2D eigenvalue weighted by Crippen LogP contribution is 2.51. The van der Waals surface area contributed by atoms with Crippen LogP contribution in [0.5, 0.6) is 0 Å². The number of nitrogens with zero attached hydrogens (tertiary/aromatic N) is 2. The van der Waals surface area contributed by atoms with Gasteiger partial charge in [-0.2, -0.15) is 0 Å². The van der Waals surface area contributed by atoms with Gasteiger partial charge in [0.15, 0.2) is 0 Å². The highest BCUT2D eigenvalue weighted by molar-refractivity contribution is 7.26. The summed E-state index contributed by atoms with van der Waals surface area (Å²) in [5.74, 6) is 0. The molecule has 2 aliphatic rings. The van der Waals surface area contributed by atoms with Crippen LogP contribution >= 0.6 is 34.0 Å². The minimum absolute atomic E-state index is 0.00574. The van der Waals surface area contributed by atoms with Crippen LogP contribution in [-0.4, -0.2) is 6.71 Å². The van der Waals surface area contributed by atoms with Crippen molar-refractivity contribution in [2.45, 2.75) is 73.1 Å². The van der Waals surface area contributed by atoms with Gasteiger partial charge in [-0.1, -0.05) is 126 Å². The molecule has 3 aromatic heterocycles. The summed E-state index contributed by atoms with van der Waals surface area (Å²) in [5, 5.41) is 9.99. The van der Waals surface area contributed by atoms with Crippen molar-refractivity contribution in [2.24, 2.45) is 0 Å². The first-order valence-corrected chi connectivity index (χ1v) is 25.4. The van der Waals surface area contributed by atoms with Crippen molar-refractivity contribution in [3.63, 3.8) is 0 Å². The van der Waals surface area contributed by atoms with E-state index < -0.39 is 0 Å². The number of thiophene rings is 3. The summed E-state index contributed by atoms with van der Waals surface area (Å²) >= 11 is 5.62. The van der Waals surface area contributed by atoms with Gasteiger partial charge >= 0.3 is 0 Å². The third-order valence-corrected chi connectivity index (χ3v) is 17.1. The second-order valence-corrected chi connectivity index (χ2v) is 23.3. The van der Waals surface area contributed by atoms with Crippen LogP contribution in [0.4, 0.5) is 33.4 Å². The summed E-state index contributed by atoms with van der Waals surface area (Å²) in [7, 11) is 0. The maximum atomic E-state index is 2.67. The molecule has 0 N–H and O–H groups in total. The number of fused-ring (bicyclic) bond motifs is 8. The van der Waals surface area contributed by atoms with E-state index >= 15 is 0 Å². The summed E-state index contributed by atoms with van der Waals surface area (Å²) in [6, 6.07) is 51.5. The lowest BCUT2D eigenvalue weighted by Crippen LogP contribution is -2.61. The second-order valence-electron chi connectivity index (χ2n) is 20.4. The molecule has 0 aliphatic carbocycles. The highest BCUT2D eigenvalue weighted by Gasteiger charge is 2.46. The normalized spacial score (nSPS) is 13.5. The topological polar surface area (TPSA) is 6.48 Å². The van der Waals surface area contributed by atoms with E-state index in [1.165, 1.54) is 130 Å². The predicted octanol–water partition coefficient (Wildman–Crippen LogP) is 16.3. The zero-order chi connectivity index (χ0) is 44.7. The molecular formula is C59H51BN2S3. The Morgan fingerprint density at radius 1 is 0.477 bits per heavy atom. The fraction of sp³-hybridized carbons (Fsp3) is 0.186. The average Bonchev–Trinajstić information content (AvgIpc) is 4.01. The van der Waals surface area contributed by atoms with Gasteiger partial charge in [-0.05, 0) is 152 Å². The molecule has 10 aromatic rings. The van der Waals surface area contributed by atoms with Gasteiger partial charge in [-0.25, -0.2) is 0 Å². The first-order chi connectivity index (χ1) is 31.2. The van der Waals surface area contributed by atoms with E-state index in [0.29, 0.717) is 0 Å². The van der Waals surface area contributed by atoms with Gasteiger partial charge in [0.1, 0.15) is 0 Å². The van der Waals surface area contributed by atoms with Crippen LogP contribution in [0.3, 0.4) is 0 Å². The van der Waals surface area contributed by atoms with Crippen LogP contribution in [0.15, 0.2) is 144 Å². The molecule has 0 bridgehead atoms. The first kappa shape index (κ1) is 40.6. The van der Waals surface area contributed by atoms with E-state index in [9.17, 15) is 0 Å². The maximum Gasteiger partial charge on any atom is 0.254 e. The van der Waals surface area contributed by atoms with Crippen molar-refractivity contribution in [1.82, 2.24) is 0 Å². The van der Waals surface area contributed by atoms with Gasteiger partial charge < -0.3 is 9.80 Å². The van der Waals surface area contributed by atoms with Crippen molar-refractivity contribution in [3.05, 3.63) is 172 Å². The summed E-state index contributed by atoms with van der Waals surface area (Å²) in [4.78, 5) is 5.27. The minimum atomic E-state index is 0.00574. The number of benzene rings is 7. The smallest absolute Gasteiger partial charge is 0.254 e. The van der Waals surface area contributed by atoms with E-state index in [1.807, 2.05) is 34.0 Å². The number of aryl methyl sites for hydroxylation is 3. The zero-order valence-corrected chi connectivity index (χ0v) is 41.0. The van der Waals surface area contributed by atoms with E-state index in [1.54, 1.807) is 0 Å². The Labute approximate surface area is 395 Å². The lowest BCUT2D eigenvalue weighted by atomic mass is 9.33. The molecular weight excluding hydrogens is 844 g/mol. The molecule has 0 radical (unpaired) electrons. The highest BCUT2D eigenvalue weighted by atomic mass is 32.1. The Bertz CT molecular complexity index is 3570. The van der Waals surface area contributed by atoms with Gasteiger partial charge in [0.2, 0.25) is 0 Å². The van der Waals surface area contributed by atoms with Crippen molar-refractivity contribution in [3.8, 4) is 22.3 Å². The lowest BCUT2D eigenvalue weighted by molar-refractivity contribution is 0.589. The van der Waals surface area contributed by atoms with Crippen LogP contribution in [0.25, 0.3) is 52.5 Å². The standard InChI is InChI=1S/C59H51BN2S3/c1-34-25-49-55-50(26-34)62(56-35(2)27-40(28-36(56)3)59(7,8)9)57-54(44-31-39(58(4,5)6)22-24-53(44)65-57)60(55)47-23-21-38(46-33-64-52-20-13-11-18-43(46)52)30-48(47)61(49)41-16-14-15-37(29-41)45-32-63-51-19-12-10-17-42(45)51/h10-33H,1-9H3. The molecule has 7 aromatic carbocycles. The zero-order valence-electron chi connectivity index (χ0n) is 38.6. The fourth-order valence-electron chi connectivity index (χ4n) is 10.7. The number of rotatable bonds is 4. The molecule has 5 heterocycles. The van der Waals surface area contributed by atoms with Crippen LogP contribution < -0.4 is 26.2 Å². The van der Waals surface area contributed by atoms with Gasteiger partial charge in [0, 0.05) is 58.7 Å². The summed E-state index contributed by atoms with van der Waals surface area (Å²) in [5.41, 5.74) is 22.0. The Morgan fingerprint density at radius 2 is 1.09 bits per heavy atom. The van der Waals surface area contributed by atoms with Crippen molar-refractivity contribution in [1.29, 1.82) is 0 Å². The number of anilines is 6. The Morgan fingerprint density at radius 3 is 1.74 bits per heavy atom. The molecule has 0 fully saturated rings. The van der Waals surface area contributed by atoms with Crippen LogP contribution in [0, 0.1) is 20.8 Å². The largest absolute Gasteiger partial charge is 0.311 e. The Hall–Kier alpha value is -5.92. The SMILES string of the molecule is Cc1cc2c3c(c1)N(c1c(C)cc(C(C)(C)C)cc1C)c1sc4ccc(C(C)(C)C)cc4c1B3c1ccc(-c3csc4ccccc34)cc1N2c1cccc(-c2csc3ccccc23)c1. The Balaban J connectivity index is 1.18. The summed E-state index contributed by atoms with van der Waals surface area (Å²) in [6.45, 7) is 21.0.